The predicted molar refractivity (Wildman–Crippen MR) is 77.2 cm³/mol. The Kier molecular flexibility index (Phi) is 4.67. The third kappa shape index (κ3) is 3.91. The van der Waals surface area contributed by atoms with Gasteiger partial charge in [-0.3, -0.25) is 4.98 Å². The summed E-state index contributed by atoms with van der Waals surface area (Å²) in [5.74, 6) is 0. The SMILES string of the molecule is CCc1cccc(CC(C=O)Nc2cccnc2)c1. The Bertz CT molecular complexity index is 525. The lowest BCUT2D eigenvalue weighted by molar-refractivity contribution is -0.108. The van der Waals surface area contributed by atoms with Gasteiger partial charge in [-0.25, -0.2) is 0 Å². The van der Waals surface area contributed by atoms with Crippen molar-refractivity contribution in [1.82, 2.24) is 4.98 Å². The largest absolute Gasteiger partial charge is 0.374 e. The maximum atomic E-state index is 11.2. The number of carbonyl (C=O) groups excluding carboxylic acids is 1. The van der Waals surface area contributed by atoms with E-state index in [0.29, 0.717) is 6.42 Å². The molecule has 0 aliphatic carbocycles. The second-order valence-corrected chi connectivity index (χ2v) is 4.51. The van der Waals surface area contributed by atoms with Crippen molar-refractivity contribution in [3.05, 3.63) is 59.9 Å². The number of rotatable bonds is 6. The van der Waals surface area contributed by atoms with E-state index in [0.717, 1.165) is 18.4 Å². The minimum atomic E-state index is -0.226. The van der Waals surface area contributed by atoms with Gasteiger partial charge in [0.05, 0.1) is 11.7 Å². The molecule has 0 saturated heterocycles. The quantitative estimate of drug-likeness (QED) is 0.806. The highest BCUT2D eigenvalue weighted by atomic mass is 16.1. The number of aromatic nitrogens is 1. The van der Waals surface area contributed by atoms with Crippen molar-refractivity contribution >= 4 is 12.0 Å². The third-order valence-corrected chi connectivity index (χ3v) is 3.03. The minimum absolute atomic E-state index is 0.226. The molecule has 3 nitrogen and oxygen atoms in total. The standard InChI is InChI=1S/C16H18N2O/c1-2-13-5-3-6-14(9-13)10-16(12-19)18-15-7-4-8-17-11-15/h3-9,11-12,16,18H,2,10H2,1H3. The normalized spacial score (nSPS) is 11.8. The molecule has 0 spiro atoms. The Labute approximate surface area is 113 Å². The molecule has 1 heterocycles. The van der Waals surface area contributed by atoms with Crippen molar-refractivity contribution in [3.63, 3.8) is 0 Å². The van der Waals surface area contributed by atoms with Crippen molar-refractivity contribution in [2.24, 2.45) is 0 Å². The van der Waals surface area contributed by atoms with Crippen LogP contribution in [0.3, 0.4) is 0 Å². The van der Waals surface area contributed by atoms with Gasteiger partial charge in [0.25, 0.3) is 0 Å². The lowest BCUT2D eigenvalue weighted by atomic mass is 10.0. The Morgan fingerprint density at radius 3 is 2.79 bits per heavy atom. The number of hydrogen-bond donors (Lipinski definition) is 1. The predicted octanol–water partition coefficient (Wildman–Crippen LogP) is 2.87. The molecule has 0 amide bonds. The summed E-state index contributed by atoms with van der Waals surface area (Å²) in [6.07, 6.45) is 6.08. The smallest absolute Gasteiger partial charge is 0.142 e. The first-order chi connectivity index (χ1) is 9.31. The molecule has 0 bridgehead atoms. The fraction of sp³-hybridized carbons (Fsp3) is 0.250. The number of pyridine rings is 1. The van der Waals surface area contributed by atoms with Crippen LogP contribution in [0.25, 0.3) is 0 Å². The molecule has 0 aliphatic rings. The second-order valence-electron chi connectivity index (χ2n) is 4.51. The third-order valence-electron chi connectivity index (χ3n) is 3.03. The van der Waals surface area contributed by atoms with Crippen LogP contribution in [0.15, 0.2) is 48.8 Å². The number of nitrogens with zero attached hydrogens (tertiary/aromatic N) is 1. The monoisotopic (exact) mass is 254 g/mol. The van der Waals surface area contributed by atoms with Crippen LogP contribution < -0.4 is 5.32 Å². The Balaban J connectivity index is 2.04. The maximum absolute atomic E-state index is 11.2. The summed E-state index contributed by atoms with van der Waals surface area (Å²) in [5.41, 5.74) is 3.34. The average molecular weight is 254 g/mol. The summed E-state index contributed by atoms with van der Waals surface area (Å²) in [5, 5.41) is 3.18. The first-order valence-electron chi connectivity index (χ1n) is 6.51. The number of carbonyl (C=O) groups is 1. The highest BCUT2D eigenvalue weighted by molar-refractivity contribution is 5.64. The van der Waals surface area contributed by atoms with Gasteiger partial charge >= 0.3 is 0 Å². The highest BCUT2D eigenvalue weighted by Gasteiger charge is 2.08. The molecule has 0 fully saturated rings. The molecular formula is C16H18N2O. The van der Waals surface area contributed by atoms with Gasteiger partial charge in [0.15, 0.2) is 0 Å². The van der Waals surface area contributed by atoms with E-state index in [-0.39, 0.29) is 6.04 Å². The van der Waals surface area contributed by atoms with Crippen LogP contribution in [-0.4, -0.2) is 17.3 Å². The van der Waals surface area contributed by atoms with Crippen molar-refractivity contribution in [2.75, 3.05) is 5.32 Å². The van der Waals surface area contributed by atoms with Crippen LogP contribution in [0.4, 0.5) is 5.69 Å². The molecule has 0 radical (unpaired) electrons. The number of anilines is 1. The van der Waals surface area contributed by atoms with E-state index in [1.54, 1.807) is 12.4 Å². The maximum Gasteiger partial charge on any atom is 0.142 e. The van der Waals surface area contributed by atoms with E-state index >= 15 is 0 Å². The van der Waals surface area contributed by atoms with Crippen molar-refractivity contribution in [2.45, 2.75) is 25.8 Å². The summed E-state index contributed by atoms with van der Waals surface area (Å²) >= 11 is 0. The molecule has 2 aromatic rings. The average Bonchev–Trinajstić information content (AvgIpc) is 2.48. The Morgan fingerprint density at radius 2 is 2.11 bits per heavy atom. The zero-order valence-electron chi connectivity index (χ0n) is 11.0. The number of aldehydes is 1. The summed E-state index contributed by atoms with van der Waals surface area (Å²) in [6.45, 7) is 2.13. The number of aryl methyl sites for hydroxylation is 1. The van der Waals surface area contributed by atoms with E-state index in [4.69, 9.17) is 0 Å². The van der Waals surface area contributed by atoms with Crippen molar-refractivity contribution in [3.8, 4) is 0 Å². The fourth-order valence-electron chi connectivity index (χ4n) is 2.03. The van der Waals surface area contributed by atoms with E-state index in [1.807, 2.05) is 18.2 Å². The molecule has 3 heteroatoms. The summed E-state index contributed by atoms with van der Waals surface area (Å²) < 4.78 is 0. The lowest BCUT2D eigenvalue weighted by Gasteiger charge is -2.14. The molecule has 1 aromatic heterocycles. The van der Waals surface area contributed by atoms with Crippen molar-refractivity contribution in [1.29, 1.82) is 0 Å². The van der Waals surface area contributed by atoms with Gasteiger partial charge in [0.2, 0.25) is 0 Å². The van der Waals surface area contributed by atoms with Crippen LogP contribution in [-0.2, 0) is 17.6 Å². The van der Waals surface area contributed by atoms with E-state index < -0.39 is 0 Å². The zero-order chi connectivity index (χ0) is 13.5. The van der Waals surface area contributed by atoms with Gasteiger partial charge in [-0.15, -0.1) is 0 Å². The second kappa shape index (κ2) is 6.69. The van der Waals surface area contributed by atoms with Gasteiger partial charge < -0.3 is 10.1 Å². The number of nitrogens with one attached hydrogen (secondary N) is 1. The molecule has 98 valence electrons. The molecular weight excluding hydrogens is 236 g/mol. The van der Waals surface area contributed by atoms with E-state index in [1.165, 1.54) is 11.1 Å². The van der Waals surface area contributed by atoms with E-state index in [9.17, 15) is 4.79 Å². The Hall–Kier alpha value is -2.16. The summed E-state index contributed by atoms with van der Waals surface area (Å²) in [6, 6.07) is 11.9. The van der Waals surface area contributed by atoms with Crippen LogP contribution in [0.1, 0.15) is 18.1 Å². The molecule has 1 aromatic carbocycles. The number of benzene rings is 1. The minimum Gasteiger partial charge on any atom is -0.374 e. The van der Waals surface area contributed by atoms with Crippen LogP contribution >= 0.6 is 0 Å². The van der Waals surface area contributed by atoms with E-state index in [2.05, 4.69) is 35.4 Å². The summed E-state index contributed by atoms with van der Waals surface area (Å²) in [4.78, 5) is 15.2. The van der Waals surface area contributed by atoms with Crippen molar-refractivity contribution < 1.29 is 4.79 Å². The molecule has 1 N–H and O–H groups in total. The Morgan fingerprint density at radius 1 is 1.26 bits per heavy atom. The fourth-order valence-corrected chi connectivity index (χ4v) is 2.03. The first-order valence-corrected chi connectivity index (χ1v) is 6.51. The molecule has 0 aliphatic heterocycles. The lowest BCUT2D eigenvalue weighted by Crippen LogP contribution is -2.23. The highest BCUT2D eigenvalue weighted by Crippen LogP contribution is 2.11. The molecule has 2 rings (SSSR count). The number of hydrogen-bond acceptors (Lipinski definition) is 3. The van der Waals surface area contributed by atoms with Crippen LogP contribution in [0.5, 0.6) is 0 Å². The first kappa shape index (κ1) is 13.3. The molecule has 1 atom stereocenters. The summed E-state index contributed by atoms with van der Waals surface area (Å²) in [7, 11) is 0. The van der Waals surface area contributed by atoms with Crippen LogP contribution in [0, 0.1) is 0 Å². The van der Waals surface area contributed by atoms with Gasteiger partial charge in [0.1, 0.15) is 6.29 Å². The molecule has 19 heavy (non-hydrogen) atoms. The van der Waals surface area contributed by atoms with Gasteiger partial charge in [-0.2, -0.15) is 0 Å². The van der Waals surface area contributed by atoms with Gasteiger partial charge in [-0.1, -0.05) is 31.2 Å². The zero-order valence-corrected chi connectivity index (χ0v) is 11.0. The van der Waals surface area contributed by atoms with Gasteiger partial charge in [0, 0.05) is 12.4 Å². The molecule has 1 unspecified atom stereocenters. The van der Waals surface area contributed by atoms with Crippen LogP contribution in [0.2, 0.25) is 0 Å². The molecule has 0 saturated carbocycles. The van der Waals surface area contributed by atoms with Gasteiger partial charge in [-0.05, 0) is 36.1 Å². The topological polar surface area (TPSA) is 42.0 Å².